The zero-order valence-corrected chi connectivity index (χ0v) is 17.8. The largest absolute Gasteiger partial charge is 0.497 e. The maximum Gasteiger partial charge on any atom is 0.242 e. The van der Waals surface area contributed by atoms with Crippen molar-refractivity contribution in [3.63, 3.8) is 0 Å². The summed E-state index contributed by atoms with van der Waals surface area (Å²) in [6.07, 6.45) is 3.08. The summed E-state index contributed by atoms with van der Waals surface area (Å²) in [5, 5.41) is 2.69. The monoisotopic (exact) mass is 428 g/mol. The number of sulfonamides is 1. The molecule has 0 aliphatic heterocycles. The lowest BCUT2D eigenvalue weighted by Gasteiger charge is -2.11. The van der Waals surface area contributed by atoms with Gasteiger partial charge in [0.05, 0.1) is 17.7 Å². The minimum absolute atomic E-state index is 0.144. The van der Waals surface area contributed by atoms with E-state index in [4.69, 9.17) is 4.74 Å². The van der Waals surface area contributed by atoms with Gasteiger partial charge in [-0.1, -0.05) is 12.1 Å². The molecule has 0 fully saturated rings. The summed E-state index contributed by atoms with van der Waals surface area (Å²) in [5.41, 5.74) is 2.02. The molecular weight excluding hydrogens is 408 g/mol. The average Bonchev–Trinajstić information content (AvgIpc) is 3.21. The van der Waals surface area contributed by atoms with Crippen molar-refractivity contribution in [3.05, 3.63) is 71.2 Å². The second-order valence-electron chi connectivity index (χ2n) is 6.32. The molecule has 0 amide bonds. The minimum atomic E-state index is -3.52. The van der Waals surface area contributed by atoms with E-state index in [-0.39, 0.29) is 10.7 Å². The number of carbonyl (C=O) groups is 1. The van der Waals surface area contributed by atoms with Crippen LogP contribution in [0.2, 0.25) is 0 Å². The second kappa shape index (κ2) is 8.69. The van der Waals surface area contributed by atoms with Crippen molar-refractivity contribution >= 4 is 33.2 Å². The first-order valence-electron chi connectivity index (χ1n) is 8.66. The summed E-state index contributed by atoms with van der Waals surface area (Å²) in [5.74, 6) is 0.527. The number of benzene rings is 2. The minimum Gasteiger partial charge on any atom is -0.497 e. The van der Waals surface area contributed by atoms with E-state index in [9.17, 15) is 13.2 Å². The highest BCUT2D eigenvalue weighted by atomic mass is 32.2. The molecule has 8 heteroatoms. The Morgan fingerprint density at radius 1 is 1.14 bits per heavy atom. The van der Waals surface area contributed by atoms with Crippen LogP contribution in [-0.4, -0.2) is 44.7 Å². The molecule has 0 atom stereocenters. The van der Waals surface area contributed by atoms with E-state index in [0.29, 0.717) is 11.3 Å². The van der Waals surface area contributed by atoms with Crippen LogP contribution in [0.15, 0.2) is 64.9 Å². The van der Waals surface area contributed by atoms with Crippen molar-refractivity contribution in [1.29, 1.82) is 0 Å². The third kappa shape index (κ3) is 4.79. The molecule has 3 rings (SSSR count). The third-order valence-electron chi connectivity index (χ3n) is 4.16. The maximum absolute atomic E-state index is 12.4. The number of aromatic nitrogens is 1. The normalized spacial score (nSPS) is 11.9. The van der Waals surface area contributed by atoms with E-state index in [1.807, 2.05) is 29.6 Å². The van der Waals surface area contributed by atoms with E-state index < -0.39 is 10.0 Å². The Kier molecular flexibility index (Phi) is 6.26. The number of hydrogen-bond acceptors (Lipinski definition) is 6. The number of methoxy groups -OCH3 is 1. The summed E-state index contributed by atoms with van der Waals surface area (Å²) in [6, 6.07) is 13.5. The smallest absolute Gasteiger partial charge is 0.242 e. The van der Waals surface area contributed by atoms with Crippen molar-refractivity contribution in [2.45, 2.75) is 4.90 Å². The van der Waals surface area contributed by atoms with Gasteiger partial charge in [-0.05, 0) is 48.6 Å². The van der Waals surface area contributed by atoms with Crippen LogP contribution in [0, 0.1) is 0 Å². The van der Waals surface area contributed by atoms with Gasteiger partial charge in [0.1, 0.15) is 10.8 Å². The molecule has 150 valence electrons. The van der Waals surface area contributed by atoms with Gasteiger partial charge >= 0.3 is 0 Å². The fraction of sp³-hybridized carbons (Fsp3) is 0.143. The summed E-state index contributed by atoms with van der Waals surface area (Å²) >= 11 is 1.48. The van der Waals surface area contributed by atoms with Gasteiger partial charge in [0.15, 0.2) is 5.78 Å². The van der Waals surface area contributed by atoms with Crippen LogP contribution >= 0.6 is 11.3 Å². The number of allylic oxidation sites excluding steroid dienone is 1. The van der Waals surface area contributed by atoms with Crippen molar-refractivity contribution in [2.24, 2.45) is 0 Å². The first-order valence-corrected chi connectivity index (χ1v) is 11.0. The highest BCUT2D eigenvalue weighted by molar-refractivity contribution is 7.89. The Hall–Kier alpha value is -2.81. The van der Waals surface area contributed by atoms with Gasteiger partial charge in [-0.2, -0.15) is 0 Å². The molecule has 0 aliphatic rings. The van der Waals surface area contributed by atoms with Crippen LogP contribution in [0.1, 0.15) is 16.1 Å². The average molecular weight is 429 g/mol. The number of hydrogen-bond donors (Lipinski definition) is 0. The van der Waals surface area contributed by atoms with Gasteiger partial charge in [0, 0.05) is 30.6 Å². The zero-order valence-electron chi connectivity index (χ0n) is 16.2. The topological polar surface area (TPSA) is 76.6 Å². The highest BCUT2D eigenvalue weighted by Gasteiger charge is 2.17. The van der Waals surface area contributed by atoms with Crippen molar-refractivity contribution < 1.29 is 17.9 Å². The number of nitrogens with zero attached hydrogens (tertiary/aromatic N) is 2. The number of ketones is 1. The Morgan fingerprint density at radius 2 is 1.86 bits per heavy atom. The Labute approximate surface area is 174 Å². The second-order valence-corrected chi connectivity index (χ2v) is 9.33. The van der Waals surface area contributed by atoms with E-state index in [0.717, 1.165) is 20.6 Å². The lowest BCUT2D eigenvalue weighted by molar-refractivity contribution is 0.104. The van der Waals surface area contributed by atoms with Crippen molar-refractivity contribution in [3.8, 4) is 16.3 Å². The van der Waals surface area contributed by atoms with Crippen molar-refractivity contribution in [2.75, 3.05) is 21.2 Å². The third-order valence-corrected chi connectivity index (χ3v) is 6.90. The predicted octanol–water partition coefficient (Wildman–Crippen LogP) is 3.97. The Balaban J connectivity index is 1.73. The quantitative estimate of drug-likeness (QED) is 0.420. The molecule has 0 radical (unpaired) electrons. The summed E-state index contributed by atoms with van der Waals surface area (Å²) in [7, 11) is 1.02. The van der Waals surface area contributed by atoms with Crippen LogP contribution < -0.4 is 4.74 Å². The first kappa shape index (κ1) is 20.9. The standard InChI is InChI=1S/C21H20N2O4S2/c1-23(2)29(25,26)19-10-7-15(8-11-19)20(24)12-9-17-14-28-21(22-17)16-5-4-6-18(13-16)27-3/h4-14H,1-3H3/b12-9+. The molecule has 0 aliphatic carbocycles. The molecular formula is C21H20N2O4S2. The van der Waals surface area contributed by atoms with Gasteiger partial charge in [0.25, 0.3) is 0 Å². The number of rotatable bonds is 7. The number of ether oxygens (including phenoxy) is 1. The fourth-order valence-corrected chi connectivity index (χ4v) is 4.20. The maximum atomic E-state index is 12.4. The van der Waals surface area contributed by atoms with E-state index in [1.165, 1.54) is 55.8 Å². The Morgan fingerprint density at radius 3 is 2.52 bits per heavy atom. The molecule has 3 aromatic rings. The van der Waals surface area contributed by atoms with E-state index in [1.54, 1.807) is 13.2 Å². The van der Waals surface area contributed by atoms with Crippen molar-refractivity contribution in [1.82, 2.24) is 9.29 Å². The summed E-state index contributed by atoms with van der Waals surface area (Å²) < 4.78 is 30.6. The first-order chi connectivity index (χ1) is 13.8. The summed E-state index contributed by atoms with van der Waals surface area (Å²) in [6.45, 7) is 0. The zero-order chi connectivity index (χ0) is 21.0. The molecule has 1 heterocycles. The van der Waals surface area contributed by atoms with Crippen LogP contribution in [0.4, 0.5) is 0 Å². The summed E-state index contributed by atoms with van der Waals surface area (Å²) in [4.78, 5) is 17.1. The van der Waals surface area contributed by atoms with Crippen LogP contribution in [0.25, 0.3) is 16.6 Å². The predicted molar refractivity (Wildman–Crippen MR) is 115 cm³/mol. The molecule has 0 spiro atoms. The molecule has 0 N–H and O–H groups in total. The van der Waals surface area contributed by atoms with Crippen LogP contribution in [0.5, 0.6) is 5.75 Å². The lowest BCUT2D eigenvalue weighted by Crippen LogP contribution is -2.22. The van der Waals surface area contributed by atoms with Gasteiger partial charge in [0.2, 0.25) is 10.0 Å². The fourth-order valence-electron chi connectivity index (χ4n) is 2.51. The molecule has 29 heavy (non-hydrogen) atoms. The van der Waals surface area contributed by atoms with E-state index >= 15 is 0 Å². The highest BCUT2D eigenvalue weighted by Crippen LogP contribution is 2.27. The lowest BCUT2D eigenvalue weighted by atomic mass is 10.1. The van der Waals surface area contributed by atoms with Gasteiger partial charge in [-0.15, -0.1) is 11.3 Å². The molecule has 2 aromatic carbocycles. The molecule has 0 bridgehead atoms. The molecule has 0 unspecified atom stereocenters. The molecule has 1 aromatic heterocycles. The number of carbonyl (C=O) groups excluding carboxylic acids is 1. The van der Waals surface area contributed by atoms with E-state index in [2.05, 4.69) is 4.98 Å². The van der Waals surface area contributed by atoms with Crippen LogP contribution in [-0.2, 0) is 10.0 Å². The number of thiazole rings is 1. The SMILES string of the molecule is COc1cccc(-c2nc(/C=C/C(=O)c3ccc(S(=O)(=O)N(C)C)cc3)cs2)c1. The molecule has 6 nitrogen and oxygen atoms in total. The van der Waals surface area contributed by atoms with Crippen LogP contribution in [0.3, 0.4) is 0 Å². The van der Waals surface area contributed by atoms with Gasteiger partial charge in [-0.3, -0.25) is 4.79 Å². The van der Waals surface area contributed by atoms with Gasteiger partial charge < -0.3 is 4.74 Å². The molecule has 0 saturated heterocycles. The van der Waals surface area contributed by atoms with Gasteiger partial charge in [-0.25, -0.2) is 17.7 Å². The molecule has 0 saturated carbocycles. The Bertz CT molecular complexity index is 1150.